The molecule has 5 nitrogen and oxygen atoms in total. The molecule has 0 heterocycles. The number of carbonyl (C=O) groups excluding carboxylic acids is 1. The molecule has 5 heteroatoms. The number of benzene rings is 1. The first kappa shape index (κ1) is 13.1. The maximum Gasteiger partial charge on any atom is 0.332 e. The molecule has 0 spiro atoms. The maximum atomic E-state index is 11.2. The largest absolute Gasteiger partial charge is 0.508 e. The molecule has 0 saturated heterocycles. The highest BCUT2D eigenvalue weighted by molar-refractivity contribution is 5.90. The Morgan fingerprint density at radius 1 is 1.41 bits per heavy atom. The highest BCUT2D eigenvalue weighted by Gasteiger charge is 2.05. The van der Waals surface area contributed by atoms with Crippen LogP contribution >= 0.6 is 0 Å². The highest BCUT2D eigenvalue weighted by Crippen LogP contribution is 2.16. The van der Waals surface area contributed by atoms with E-state index in [2.05, 4.69) is 10.2 Å². The van der Waals surface area contributed by atoms with Crippen molar-refractivity contribution in [2.24, 2.45) is 0 Å². The predicted molar refractivity (Wildman–Crippen MR) is 62.9 cm³/mol. The Kier molecular flexibility index (Phi) is 5.03. The lowest BCUT2D eigenvalue weighted by molar-refractivity contribution is -0.134. The van der Waals surface area contributed by atoms with Crippen molar-refractivity contribution in [2.45, 2.75) is 6.92 Å². The number of methoxy groups -OCH3 is 1. The van der Waals surface area contributed by atoms with Gasteiger partial charge >= 0.3 is 5.97 Å². The molecule has 0 unspecified atom stereocenters. The van der Waals surface area contributed by atoms with Crippen LogP contribution in [0.2, 0.25) is 0 Å². The summed E-state index contributed by atoms with van der Waals surface area (Å²) in [6, 6.07) is 6.37. The molecule has 0 aliphatic carbocycles. The van der Waals surface area contributed by atoms with Crippen LogP contribution < -0.4 is 5.48 Å². The highest BCUT2D eigenvalue weighted by atomic mass is 16.6. The van der Waals surface area contributed by atoms with Gasteiger partial charge in [0, 0.05) is 11.6 Å². The van der Waals surface area contributed by atoms with Gasteiger partial charge in [0.2, 0.25) is 0 Å². The Hall–Kier alpha value is -2.01. The van der Waals surface area contributed by atoms with Crippen LogP contribution in [-0.2, 0) is 14.4 Å². The second-order valence-corrected chi connectivity index (χ2v) is 3.16. The first-order valence-electron chi connectivity index (χ1n) is 5.14. The van der Waals surface area contributed by atoms with Crippen molar-refractivity contribution in [2.75, 3.05) is 13.7 Å². The number of phenolic OH excluding ortho intramolecular Hbond substituents is 1. The second-order valence-electron chi connectivity index (χ2n) is 3.16. The molecule has 2 N–H and O–H groups in total. The fraction of sp³-hybridized carbons (Fsp3) is 0.250. The van der Waals surface area contributed by atoms with Gasteiger partial charge in [-0.15, -0.1) is 0 Å². The van der Waals surface area contributed by atoms with E-state index in [4.69, 9.17) is 4.84 Å². The van der Waals surface area contributed by atoms with Gasteiger partial charge in [-0.2, -0.15) is 0 Å². The molecule has 1 aromatic carbocycles. The lowest BCUT2D eigenvalue weighted by Crippen LogP contribution is -2.14. The van der Waals surface area contributed by atoms with Gasteiger partial charge in [0.25, 0.3) is 0 Å². The fourth-order valence-corrected chi connectivity index (χ4v) is 1.14. The molecular weight excluding hydrogens is 222 g/mol. The molecule has 17 heavy (non-hydrogen) atoms. The molecule has 0 fully saturated rings. The van der Waals surface area contributed by atoms with Gasteiger partial charge < -0.3 is 9.84 Å². The Balaban J connectivity index is 2.93. The SMILES string of the molecule is CCONC(=CC(=O)OC)c1ccc(O)cc1. The maximum absolute atomic E-state index is 11.2. The second kappa shape index (κ2) is 6.55. The van der Waals surface area contributed by atoms with Gasteiger partial charge in [0.05, 0.1) is 19.4 Å². The number of esters is 1. The topological polar surface area (TPSA) is 67.8 Å². The van der Waals surface area contributed by atoms with Crippen LogP contribution in [0.3, 0.4) is 0 Å². The molecule has 0 aromatic heterocycles. The summed E-state index contributed by atoms with van der Waals surface area (Å²) in [6.45, 7) is 2.27. The van der Waals surface area contributed by atoms with Crippen molar-refractivity contribution in [1.29, 1.82) is 0 Å². The summed E-state index contributed by atoms with van der Waals surface area (Å²) in [4.78, 5) is 16.2. The summed E-state index contributed by atoms with van der Waals surface area (Å²) in [5.41, 5.74) is 3.83. The number of hydrogen-bond donors (Lipinski definition) is 2. The van der Waals surface area contributed by atoms with Crippen molar-refractivity contribution < 1.29 is 19.5 Å². The molecule has 0 bridgehead atoms. The van der Waals surface area contributed by atoms with Crippen LogP contribution in [0.15, 0.2) is 30.3 Å². The minimum atomic E-state index is -0.486. The first-order valence-corrected chi connectivity index (χ1v) is 5.14. The lowest BCUT2D eigenvalue weighted by atomic mass is 10.1. The smallest absolute Gasteiger partial charge is 0.332 e. The molecule has 0 radical (unpaired) electrons. The van der Waals surface area contributed by atoms with Crippen LogP contribution in [0.5, 0.6) is 5.75 Å². The quantitative estimate of drug-likeness (QED) is 0.461. The van der Waals surface area contributed by atoms with E-state index in [1.54, 1.807) is 12.1 Å². The molecule has 0 aliphatic rings. The van der Waals surface area contributed by atoms with E-state index in [0.29, 0.717) is 17.9 Å². The number of aromatic hydroxyl groups is 1. The Morgan fingerprint density at radius 3 is 2.59 bits per heavy atom. The third kappa shape index (κ3) is 4.16. The normalized spacial score (nSPS) is 11.1. The van der Waals surface area contributed by atoms with E-state index in [-0.39, 0.29) is 5.75 Å². The van der Waals surface area contributed by atoms with Crippen LogP contribution in [0.4, 0.5) is 0 Å². The number of carbonyl (C=O) groups is 1. The van der Waals surface area contributed by atoms with E-state index >= 15 is 0 Å². The average Bonchev–Trinajstić information content (AvgIpc) is 2.35. The van der Waals surface area contributed by atoms with Gasteiger partial charge in [-0.05, 0) is 31.2 Å². The predicted octanol–water partition coefficient (Wildman–Crippen LogP) is 1.45. The molecule has 0 aliphatic heterocycles. The average molecular weight is 237 g/mol. The van der Waals surface area contributed by atoms with E-state index in [9.17, 15) is 9.90 Å². The summed E-state index contributed by atoms with van der Waals surface area (Å²) in [5.74, 6) is -0.331. The molecule has 1 aromatic rings. The van der Waals surface area contributed by atoms with E-state index in [1.807, 2.05) is 6.92 Å². The Morgan fingerprint density at radius 2 is 2.06 bits per heavy atom. The van der Waals surface area contributed by atoms with Gasteiger partial charge in [-0.25, -0.2) is 4.79 Å². The third-order valence-electron chi connectivity index (χ3n) is 1.97. The summed E-state index contributed by atoms with van der Waals surface area (Å²) in [6.07, 6.45) is 1.28. The van der Waals surface area contributed by atoms with Crippen LogP contribution in [-0.4, -0.2) is 24.8 Å². The molecule has 92 valence electrons. The van der Waals surface area contributed by atoms with E-state index in [0.717, 1.165) is 0 Å². The van der Waals surface area contributed by atoms with Gasteiger partial charge in [0.15, 0.2) is 0 Å². The zero-order valence-electron chi connectivity index (χ0n) is 9.77. The zero-order chi connectivity index (χ0) is 12.7. The van der Waals surface area contributed by atoms with Crippen molar-refractivity contribution in [3.8, 4) is 5.75 Å². The summed E-state index contributed by atoms with van der Waals surface area (Å²) in [5, 5.41) is 9.18. The Bertz CT molecular complexity index is 397. The van der Waals surface area contributed by atoms with Crippen molar-refractivity contribution >= 4 is 11.7 Å². The third-order valence-corrected chi connectivity index (χ3v) is 1.97. The summed E-state index contributed by atoms with van der Waals surface area (Å²) in [7, 11) is 1.30. The van der Waals surface area contributed by atoms with Crippen molar-refractivity contribution in [3.63, 3.8) is 0 Å². The Labute approximate surface area is 99.6 Å². The van der Waals surface area contributed by atoms with Crippen LogP contribution in [0.25, 0.3) is 5.70 Å². The number of ether oxygens (including phenoxy) is 1. The molecular formula is C12H15NO4. The van der Waals surface area contributed by atoms with Gasteiger partial charge in [0.1, 0.15) is 5.75 Å². The minimum absolute atomic E-state index is 0.155. The molecule has 0 atom stereocenters. The van der Waals surface area contributed by atoms with Crippen molar-refractivity contribution in [3.05, 3.63) is 35.9 Å². The number of nitrogens with one attached hydrogen (secondary N) is 1. The minimum Gasteiger partial charge on any atom is -0.508 e. The number of phenols is 1. The summed E-state index contributed by atoms with van der Waals surface area (Å²) < 4.78 is 4.55. The van der Waals surface area contributed by atoms with Crippen LogP contribution in [0, 0.1) is 0 Å². The van der Waals surface area contributed by atoms with Gasteiger partial charge in [-0.3, -0.25) is 10.3 Å². The molecule has 0 amide bonds. The van der Waals surface area contributed by atoms with Gasteiger partial charge in [-0.1, -0.05) is 0 Å². The number of rotatable bonds is 5. The zero-order valence-corrected chi connectivity index (χ0v) is 9.77. The standard InChI is InChI=1S/C12H15NO4/c1-3-17-13-11(8-12(15)16-2)9-4-6-10(14)7-5-9/h4-8,13-14H,3H2,1-2H3. The fourth-order valence-electron chi connectivity index (χ4n) is 1.14. The molecule has 0 saturated carbocycles. The molecule has 1 rings (SSSR count). The first-order chi connectivity index (χ1) is 8.17. The van der Waals surface area contributed by atoms with E-state index in [1.165, 1.54) is 25.3 Å². The lowest BCUT2D eigenvalue weighted by Gasteiger charge is -2.10. The monoisotopic (exact) mass is 237 g/mol. The van der Waals surface area contributed by atoms with Crippen molar-refractivity contribution in [1.82, 2.24) is 5.48 Å². The van der Waals surface area contributed by atoms with E-state index < -0.39 is 5.97 Å². The summed E-state index contributed by atoms with van der Waals surface area (Å²) >= 11 is 0. The number of hydroxylamine groups is 1. The number of hydrogen-bond acceptors (Lipinski definition) is 5. The van der Waals surface area contributed by atoms with Crippen LogP contribution in [0.1, 0.15) is 12.5 Å².